The maximum Gasteiger partial charge on any atom is 0.0705 e. The van der Waals surface area contributed by atoms with Crippen LogP contribution in [-0.4, -0.2) is 4.98 Å². The standard InChI is InChI=1S/C11H12N2/c1-8(12)9-4-2-6-11-10(9)5-3-7-13-11/h2-8H,12H2,1H3/t8-/m1/s1. The molecule has 1 heterocycles. The maximum atomic E-state index is 5.85. The molecule has 2 heteroatoms. The van der Waals surface area contributed by atoms with Gasteiger partial charge in [0.1, 0.15) is 0 Å². The van der Waals surface area contributed by atoms with Crippen molar-refractivity contribution in [2.45, 2.75) is 13.0 Å². The number of hydrogen-bond acceptors (Lipinski definition) is 2. The molecule has 66 valence electrons. The van der Waals surface area contributed by atoms with Gasteiger partial charge in [0.15, 0.2) is 0 Å². The smallest absolute Gasteiger partial charge is 0.0705 e. The summed E-state index contributed by atoms with van der Waals surface area (Å²) in [6, 6.07) is 10.1. The molecule has 0 radical (unpaired) electrons. The summed E-state index contributed by atoms with van der Waals surface area (Å²) >= 11 is 0. The fourth-order valence-corrected chi connectivity index (χ4v) is 1.52. The van der Waals surface area contributed by atoms with Gasteiger partial charge in [-0.1, -0.05) is 18.2 Å². The van der Waals surface area contributed by atoms with Gasteiger partial charge in [-0.25, -0.2) is 0 Å². The first-order valence-corrected chi connectivity index (χ1v) is 4.38. The summed E-state index contributed by atoms with van der Waals surface area (Å²) in [5, 5.41) is 1.15. The third kappa shape index (κ3) is 1.40. The molecule has 13 heavy (non-hydrogen) atoms. The molecule has 0 bridgehead atoms. The van der Waals surface area contributed by atoms with Crippen molar-refractivity contribution >= 4 is 10.9 Å². The van der Waals surface area contributed by atoms with Crippen LogP contribution in [0.2, 0.25) is 0 Å². The molecule has 2 N–H and O–H groups in total. The van der Waals surface area contributed by atoms with Crippen LogP contribution in [0.1, 0.15) is 18.5 Å². The van der Waals surface area contributed by atoms with E-state index in [9.17, 15) is 0 Å². The van der Waals surface area contributed by atoms with Gasteiger partial charge in [-0.2, -0.15) is 0 Å². The minimum atomic E-state index is 0.0629. The van der Waals surface area contributed by atoms with Crippen LogP contribution in [0.15, 0.2) is 36.5 Å². The number of fused-ring (bicyclic) bond motifs is 1. The van der Waals surface area contributed by atoms with Gasteiger partial charge in [0, 0.05) is 17.6 Å². The van der Waals surface area contributed by atoms with Crippen LogP contribution < -0.4 is 5.73 Å². The Morgan fingerprint density at radius 3 is 2.85 bits per heavy atom. The lowest BCUT2D eigenvalue weighted by Gasteiger charge is -2.08. The van der Waals surface area contributed by atoms with Gasteiger partial charge < -0.3 is 5.73 Å². The van der Waals surface area contributed by atoms with Gasteiger partial charge in [-0.15, -0.1) is 0 Å². The fourth-order valence-electron chi connectivity index (χ4n) is 1.52. The van der Waals surface area contributed by atoms with E-state index in [0.717, 1.165) is 16.5 Å². The highest BCUT2D eigenvalue weighted by Gasteiger charge is 2.03. The topological polar surface area (TPSA) is 38.9 Å². The van der Waals surface area contributed by atoms with Crippen LogP contribution in [0.4, 0.5) is 0 Å². The minimum Gasteiger partial charge on any atom is -0.324 e. The van der Waals surface area contributed by atoms with E-state index in [-0.39, 0.29) is 6.04 Å². The third-order valence-corrected chi connectivity index (χ3v) is 2.17. The average Bonchev–Trinajstić information content (AvgIpc) is 2.17. The molecule has 0 fully saturated rings. The number of hydrogen-bond donors (Lipinski definition) is 1. The summed E-state index contributed by atoms with van der Waals surface area (Å²) in [5.74, 6) is 0. The highest BCUT2D eigenvalue weighted by molar-refractivity contribution is 5.82. The van der Waals surface area contributed by atoms with Crippen LogP contribution in [0.5, 0.6) is 0 Å². The summed E-state index contributed by atoms with van der Waals surface area (Å²) in [6.45, 7) is 1.99. The van der Waals surface area contributed by atoms with Crippen molar-refractivity contribution in [3.63, 3.8) is 0 Å². The SMILES string of the molecule is C[C@@H](N)c1cccc2ncccc12. The number of rotatable bonds is 1. The van der Waals surface area contributed by atoms with Gasteiger partial charge in [-0.3, -0.25) is 4.98 Å². The predicted molar refractivity (Wildman–Crippen MR) is 54.3 cm³/mol. The lowest BCUT2D eigenvalue weighted by molar-refractivity contribution is 0.826. The number of pyridine rings is 1. The van der Waals surface area contributed by atoms with Crippen molar-refractivity contribution in [3.8, 4) is 0 Å². The fraction of sp³-hybridized carbons (Fsp3) is 0.182. The van der Waals surface area contributed by atoms with Crippen molar-refractivity contribution in [3.05, 3.63) is 42.1 Å². The van der Waals surface area contributed by atoms with Gasteiger partial charge in [0.05, 0.1) is 5.52 Å². The molecular formula is C11H12N2. The van der Waals surface area contributed by atoms with E-state index in [2.05, 4.69) is 17.1 Å². The molecular weight excluding hydrogens is 160 g/mol. The first-order valence-electron chi connectivity index (χ1n) is 4.38. The van der Waals surface area contributed by atoms with Crippen molar-refractivity contribution in [1.82, 2.24) is 4.98 Å². The molecule has 0 aliphatic heterocycles. The minimum absolute atomic E-state index is 0.0629. The monoisotopic (exact) mass is 172 g/mol. The molecule has 0 saturated heterocycles. The van der Waals surface area contributed by atoms with Crippen molar-refractivity contribution in [2.75, 3.05) is 0 Å². The van der Waals surface area contributed by atoms with E-state index >= 15 is 0 Å². The second-order valence-electron chi connectivity index (χ2n) is 3.21. The Morgan fingerprint density at radius 1 is 1.23 bits per heavy atom. The van der Waals surface area contributed by atoms with Crippen LogP contribution in [0, 0.1) is 0 Å². The quantitative estimate of drug-likeness (QED) is 0.716. The van der Waals surface area contributed by atoms with Crippen molar-refractivity contribution in [1.29, 1.82) is 0 Å². The Kier molecular flexibility index (Phi) is 1.99. The molecule has 2 nitrogen and oxygen atoms in total. The van der Waals surface area contributed by atoms with E-state index < -0.39 is 0 Å². The summed E-state index contributed by atoms with van der Waals surface area (Å²) in [5.41, 5.74) is 8.02. The highest BCUT2D eigenvalue weighted by atomic mass is 14.7. The predicted octanol–water partition coefficient (Wildman–Crippen LogP) is 2.25. The maximum absolute atomic E-state index is 5.85. The Hall–Kier alpha value is -1.41. The molecule has 2 rings (SSSR count). The number of aromatic nitrogens is 1. The lowest BCUT2D eigenvalue weighted by Crippen LogP contribution is -2.05. The van der Waals surface area contributed by atoms with Gasteiger partial charge >= 0.3 is 0 Å². The number of nitrogens with zero attached hydrogens (tertiary/aromatic N) is 1. The number of nitrogens with two attached hydrogens (primary N) is 1. The van der Waals surface area contributed by atoms with E-state index in [1.807, 2.05) is 25.1 Å². The molecule has 0 amide bonds. The van der Waals surface area contributed by atoms with Gasteiger partial charge in [-0.05, 0) is 24.6 Å². The zero-order valence-corrected chi connectivity index (χ0v) is 7.57. The molecule has 0 aliphatic rings. The normalized spacial score (nSPS) is 13.1. The first kappa shape index (κ1) is 8.20. The first-order chi connectivity index (χ1) is 6.29. The van der Waals surface area contributed by atoms with E-state index in [1.54, 1.807) is 6.20 Å². The second-order valence-corrected chi connectivity index (χ2v) is 3.21. The molecule has 0 spiro atoms. The van der Waals surface area contributed by atoms with Crippen LogP contribution >= 0.6 is 0 Å². The Morgan fingerprint density at radius 2 is 2.08 bits per heavy atom. The molecule has 1 aromatic heterocycles. The third-order valence-electron chi connectivity index (χ3n) is 2.17. The molecule has 0 unspecified atom stereocenters. The summed E-state index contributed by atoms with van der Waals surface area (Å²) in [7, 11) is 0. The average molecular weight is 172 g/mol. The molecule has 0 saturated carbocycles. The Labute approximate surface area is 77.4 Å². The highest BCUT2D eigenvalue weighted by Crippen LogP contribution is 2.20. The molecule has 0 aliphatic carbocycles. The largest absolute Gasteiger partial charge is 0.324 e. The van der Waals surface area contributed by atoms with Crippen molar-refractivity contribution < 1.29 is 0 Å². The molecule has 2 aromatic rings. The molecule has 1 atom stereocenters. The van der Waals surface area contributed by atoms with Crippen LogP contribution in [-0.2, 0) is 0 Å². The second kappa shape index (κ2) is 3.15. The summed E-state index contributed by atoms with van der Waals surface area (Å²) in [6.07, 6.45) is 1.80. The Bertz CT molecular complexity index is 416. The summed E-state index contributed by atoms with van der Waals surface area (Å²) < 4.78 is 0. The van der Waals surface area contributed by atoms with E-state index in [1.165, 1.54) is 0 Å². The van der Waals surface area contributed by atoms with E-state index in [0.29, 0.717) is 0 Å². The van der Waals surface area contributed by atoms with Gasteiger partial charge in [0.2, 0.25) is 0 Å². The Balaban J connectivity index is 2.76. The zero-order valence-electron chi connectivity index (χ0n) is 7.57. The van der Waals surface area contributed by atoms with Gasteiger partial charge in [0.25, 0.3) is 0 Å². The lowest BCUT2D eigenvalue weighted by atomic mass is 10.0. The number of benzene rings is 1. The summed E-state index contributed by atoms with van der Waals surface area (Å²) in [4.78, 5) is 4.27. The van der Waals surface area contributed by atoms with E-state index in [4.69, 9.17) is 5.73 Å². The molecule has 1 aromatic carbocycles. The zero-order chi connectivity index (χ0) is 9.26. The van der Waals surface area contributed by atoms with Crippen LogP contribution in [0.3, 0.4) is 0 Å². The van der Waals surface area contributed by atoms with Crippen molar-refractivity contribution in [2.24, 2.45) is 5.73 Å². The van der Waals surface area contributed by atoms with Crippen LogP contribution in [0.25, 0.3) is 10.9 Å².